The van der Waals surface area contributed by atoms with Crippen molar-refractivity contribution in [3.8, 4) is 11.4 Å². The number of carbonyl (C=O) groups is 1. The maximum absolute atomic E-state index is 14.0. The van der Waals surface area contributed by atoms with Gasteiger partial charge in [-0.05, 0) is 29.8 Å². The molecule has 146 valence electrons. The number of nitrogens with zero attached hydrogens (tertiary/aromatic N) is 3. The summed E-state index contributed by atoms with van der Waals surface area (Å²) in [5, 5.41) is 9.79. The first-order chi connectivity index (χ1) is 14.1. The zero-order valence-corrected chi connectivity index (χ0v) is 16.8. The SMILES string of the molecule is O=C(C=Cc1ccccc1Cl)NCCc1csc2nc(-c3ccccc3F)nn12. The van der Waals surface area contributed by atoms with E-state index in [0.717, 1.165) is 11.3 Å². The molecule has 5 nitrogen and oxygen atoms in total. The van der Waals surface area contributed by atoms with Crippen LogP contribution in [0.3, 0.4) is 0 Å². The summed E-state index contributed by atoms with van der Waals surface area (Å²) in [7, 11) is 0. The van der Waals surface area contributed by atoms with E-state index in [-0.39, 0.29) is 11.7 Å². The van der Waals surface area contributed by atoms with Gasteiger partial charge in [0.25, 0.3) is 0 Å². The minimum absolute atomic E-state index is 0.206. The van der Waals surface area contributed by atoms with E-state index < -0.39 is 0 Å². The van der Waals surface area contributed by atoms with E-state index in [1.165, 1.54) is 23.5 Å². The molecule has 2 aromatic carbocycles. The van der Waals surface area contributed by atoms with E-state index in [4.69, 9.17) is 11.6 Å². The van der Waals surface area contributed by atoms with Crippen molar-refractivity contribution in [3.63, 3.8) is 0 Å². The van der Waals surface area contributed by atoms with Crippen molar-refractivity contribution in [2.24, 2.45) is 0 Å². The lowest BCUT2D eigenvalue weighted by atomic mass is 10.2. The molecule has 4 rings (SSSR count). The van der Waals surface area contributed by atoms with Crippen molar-refractivity contribution in [3.05, 3.63) is 82.1 Å². The second kappa shape index (κ2) is 8.55. The normalized spacial score (nSPS) is 11.4. The number of aromatic nitrogens is 3. The second-order valence-electron chi connectivity index (χ2n) is 6.23. The van der Waals surface area contributed by atoms with Crippen LogP contribution in [0.2, 0.25) is 5.02 Å². The average Bonchev–Trinajstić information content (AvgIpc) is 3.29. The Labute approximate surface area is 175 Å². The van der Waals surface area contributed by atoms with Gasteiger partial charge in [-0.2, -0.15) is 4.98 Å². The maximum Gasteiger partial charge on any atom is 0.244 e. The fourth-order valence-electron chi connectivity index (χ4n) is 2.80. The summed E-state index contributed by atoms with van der Waals surface area (Å²) in [5.41, 5.74) is 2.05. The third kappa shape index (κ3) is 4.36. The number of halogens is 2. The second-order valence-corrected chi connectivity index (χ2v) is 7.48. The number of nitrogens with one attached hydrogen (secondary N) is 1. The summed E-state index contributed by atoms with van der Waals surface area (Å²) >= 11 is 7.50. The number of rotatable bonds is 6. The van der Waals surface area contributed by atoms with Gasteiger partial charge < -0.3 is 5.32 Å². The fourth-order valence-corrected chi connectivity index (χ4v) is 3.86. The third-order valence-electron chi connectivity index (χ3n) is 4.26. The molecular formula is C21H16ClFN4OS. The van der Waals surface area contributed by atoms with Gasteiger partial charge >= 0.3 is 0 Å². The molecule has 2 aromatic heterocycles. The highest BCUT2D eigenvalue weighted by Crippen LogP contribution is 2.23. The predicted molar refractivity (Wildman–Crippen MR) is 113 cm³/mol. The molecule has 0 radical (unpaired) electrons. The molecule has 1 amide bonds. The number of benzene rings is 2. The molecule has 0 fully saturated rings. The largest absolute Gasteiger partial charge is 0.352 e. The Morgan fingerprint density at radius 2 is 2.00 bits per heavy atom. The van der Waals surface area contributed by atoms with E-state index in [9.17, 15) is 9.18 Å². The Bertz CT molecular complexity index is 1200. The van der Waals surface area contributed by atoms with E-state index >= 15 is 0 Å². The third-order valence-corrected chi connectivity index (χ3v) is 5.47. The van der Waals surface area contributed by atoms with Crippen LogP contribution in [0.5, 0.6) is 0 Å². The van der Waals surface area contributed by atoms with Crippen LogP contribution in [0.15, 0.2) is 60.0 Å². The van der Waals surface area contributed by atoms with E-state index in [2.05, 4.69) is 15.4 Å². The van der Waals surface area contributed by atoms with E-state index in [1.807, 2.05) is 23.6 Å². The van der Waals surface area contributed by atoms with Gasteiger partial charge in [0, 0.05) is 29.4 Å². The van der Waals surface area contributed by atoms with Gasteiger partial charge in [0.1, 0.15) is 5.82 Å². The summed E-state index contributed by atoms with van der Waals surface area (Å²) < 4.78 is 15.7. The molecule has 0 atom stereocenters. The molecule has 0 aliphatic carbocycles. The molecule has 0 unspecified atom stereocenters. The summed E-state index contributed by atoms with van der Waals surface area (Å²) in [6, 6.07) is 13.7. The molecule has 1 N–H and O–H groups in total. The lowest BCUT2D eigenvalue weighted by Gasteiger charge is -2.02. The minimum Gasteiger partial charge on any atom is -0.352 e. The Balaban J connectivity index is 1.39. The predicted octanol–water partition coefficient (Wildman–Crippen LogP) is 4.62. The van der Waals surface area contributed by atoms with Crippen LogP contribution in [0.4, 0.5) is 4.39 Å². The van der Waals surface area contributed by atoms with Crippen LogP contribution in [0, 0.1) is 5.82 Å². The molecule has 0 aliphatic heterocycles. The minimum atomic E-state index is -0.357. The Hall–Kier alpha value is -3.03. The summed E-state index contributed by atoms with van der Waals surface area (Å²) in [4.78, 5) is 17.1. The molecular weight excluding hydrogens is 411 g/mol. The standard InChI is InChI=1S/C21H16ClFN4OS/c22-17-7-3-1-5-14(17)9-10-19(28)24-12-11-15-13-29-21-25-20(26-27(15)21)16-6-2-4-8-18(16)23/h1-10,13H,11-12H2,(H,24,28). The molecule has 0 bridgehead atoms. The summed E-state index contributed by atoms with van der Waals surface area (Å²) in [6.07, 6.45) is 3.71. The molecule has 0 saturated heterocycles. The highest BCUT2D eigenvalue weighted by Gasteiger charge is 2.14. The molecule has 2 heterocycles. The highest BCUT2D eigenvalue weighted by atomic mass is 35.5. The van der Waals surface area contributed by atoms with Gasteiger partial charge in [-0.3, -0.25) is 4.79 Å². The molecule has 29 heavy (non-hydrogen) atoms. The van der Waals surface area contributed by atoms with Gasteiger partial charge in [0.2, 0.25) is 10.9 Å². The van der Waals surface area contributed by atoms with Crippen molar-refractivity contribution in [1.29, 1.82) is 0 Å². The number of hydrogen-bond donors (Lipinski definition) is 1. The number of amides is 1. The number of fused-ring (bicyclic) bond motifs is 1. The zero-order valence-electron chi connectivity index (χ0n) is 15.2. The number of thiazole rings is 1. The van der Waals surface area contributed by atoms with Gasteiger partial charge in [-0.25, -0.2) is 8.91 Å². The molecule has 0 spiro atoms. The van der Waals surface area contributed by atoms with E-state index in [1.54, 1.807) is 34.9 Å². The van der Waals surface area contributed by atoms with Gasteiger partial charge in [-0.15, -0.1) is 16.4 Å². The highest BCUT2D eigenvalue weighted by molar-refractivity contribution is 7.15. The monoisotopic (exact) mass is 426 g/mol. The van der Waals surface area contributed by atoms with E-state index in [0.29, 0.717) is 34.3 Å². The van der Waals surface area contributed by atoms with Gasteiger partial charge in [-0.1, -0.05) is 41.9 Å². The van der Waals surface area contributed by atoms with Gasteiger partial charge in [0.05, 0.1) is 11.3 Å². The number of carbonyl (C=O) groups excluding carboxylic acids is 1. The Kier molecular flexibility index (Phi) is 5.69. The maximum atomic E-state index is 14.0. The Morgan fingerprint density at radius 3 is 2.83 bits per heavy atom. The molecule has 0 saturated carbocycles. The van der Waals surface area contributed by atoms with Crippen LogP contribution >= 0.6 is 22.9 Å². The van der Waals surface area contributed by atoms with Crippen molar-refractivity contribution in [2.75, 3.05) is 6.54 Å². The van der Waals surface area contributed by atoms with Crippen molar-refractivity contribution >= 4 is 39.9 Å². The zero-order chi connectivity index (χ0) is 20.2. The first-order valence-corrected chi connectivity index (χ1v) is 10.2. The van der Waals surface area contributed by atoms with Crippen LogP contribution in [-0.4, -0.2) is 27.0 Å². The molecule has 4 aromatic rings. The van der Waals surface area contributed by atoms with Gasteiger partial charge in [0.15, 0.2) is 5.82 Å². The van der Waals surface area contributed by atoms with Crippen LogP contribution in [-0.2, 0) is 11.2 Å². The van der Waals surface area contributed by atoms with Crippen molar-refractivity contribution in [1.82, 2.24) is 19.9 Å². The smallest absolute Gasteiger partial charge is 0.244 e. The lowest BCUT2D eigenvalue weighted by Crippen LogP contribution is -2.23. The average molecular weight is 427 g/mol. The van der Waals surface area contributed by atoms with Crippen LogP contribution in [0.1, 0.15) is 11.3 Å². The number of hydrogen-bond acceptors (Lipinski definition) is 4. The topological polar surface area (TPSA) is 59.3 Å². The van der Waals surface area contributed by atoms with Crippen molar-refractivity contribution < 1.29 is 9.18 Å². The summed E-state index contributed by atoms with van der Waals surface area (Å²) in [6.45, 7) is 0.437. The fraction of sp³-hybridized carbons (Fsp3) is 0.0952. The molecule has 0 aliphatic rings. The lowest BCUT2D eigenvalue weighted by molar-refractivity contribution is -0.116. The Morgan fingerprint density at radius 1 is 1.21 bits per heavy atom. The summed E-state index contributed by atoms with van der Waals surface area (Å²) in [5.74, 6) is -0.213. The molecule has 8 heteroatoms. The first-order valence-electron chi connectivity index (χ1n) is 8.90. The van der Waals surface area contributed by atoms with Crippen LogP contribution < -0.4 is 5.32 Å². The van der Waals surface area contributed by atoms with Crippen LogP contribution in [0.25, 0.3) is 22.4 Å². The first kappa shape index (κ1) is 19.3. The quantitative estimate of drug-likeness (QED) is 0.457. The van der Waals surface area contributed by atoms with Crippen molar-refractivity contribution in [2.45, 2.75) is 6.42 Å².